The second-order valence-electron chi connectivity index (χ2n) is 7.22. The predicted molar refractivity (Wildman–Crippen MR) is 104 cm³/mol. The number of carbonyl (C=O) groups is 1. The largest absolute Gasteiger partial charge is 0.435 e. The fourth-order valence-corrected chi connectivity index (χ4v) is 3.01. The maximum Gasteiger partial charge on any atom is 0.435 e. The number of anilines is 2. The van der Waals surface area contributed by atoms with Gasteiger partial charge in [0.25, 0.3) is 5.91 Å². The number of hydrogen-bond donors (Lipinski definition) is 2. The molecule has 0 spiro atoms. The summed E-state index contributed by atoms with van der Waals surface area (Å²) >= 11 is 0. The Morgan fingerprint density at radius 2 is 1.50 bits per heavy atom. The lowest BCUT2D eigenvalue weighted by Gasteiger charge is -2.31. The van der Waals surface area contributed by atoms with Crippen LogP contribution in [0, 0.1) is 17.1 Å². The molecule has 0 bridgehead atoms. The first-order valence-corrected chi connectivity index (χ1v) is 9.70. The van der Waals surface area contributed by atoms with Crippen LogP contribution in [-0.4, -0.2) is 24.8 Å². The van der Waals surface area contributed by atoms with Crippen LogP contribution >= 0.6 is 0 Å². The van der Waals surface area contributed by atoms with Crippen molar-refractivity contribution in [3.8, 4) is 6.07 Å². The summed E-state index contributed by atoms with van der Waals surface area (Å²) < 4.78 is 147. The van der Waals surface area contributed by atoms with Gasteiger partial charge >= 0.3 is 24.2 Å². The van der Waals surface area contributed by atoms with Crippen molar-refractivity contribution in [3.63, 3.8) is 0 Å². The van der Waals surface area contributed by atoms with E-state index in [0.717, 1.165) is 12.1 Å². The lowest BCUT2D eigenvalue weighted by Crippen LogP contribution is -2.50. The molecule has 2 aromatic rings. The summed E-state index contributed by atoms with van der Waals surface area (Å²) in [7, 11) is 0. The Bertz CT molecular complexity index is 1130. The average molecular weight is 533 g/mol. The molecule has 196 valence electrons. The molecule has 0 atom stereocenters. The highest BCUT2D eigenvalue weighted by atomic mass is 19.4. The van der Waals surface area contributed by atoms with E-state index in [1.54, 1.807) is 5.32 Å². The number of unbranched alkanes of at least 4 members (excludes halogenated alkanes) is 1. The summed E-state index contributed by atoms with van der Waals surface area (Å²) in [6.45, 7) is 0.0959. The molecule has 0 heterocycles. The summed E-state index contributed by atoms with van der Waals surface area (Å²) in [4.78, 5) is 12.4. The molecule has 0 radical (unpaired) electrons. The van der Waals surface area contributed by atoms with Crippen molar-refractivity contribution in [1.29, 1.82) is 5.26 Å². The van der Waals surface area contributed by atoms with Gasteiger partial charge in [-0.1, -0.05) is 12.1 Å². The van der Waals surface area contributed by atoms with E-state index >= 15 is 0 Å². The molecule has 0 aliphatic heterocycles. The zero-order valence-electron chi connectivity index (χ0n) is 17.6. The van der Waals surface area contributed by atoms with Crippen LogP contribution in [0.2, 0.25) is 0 Å². The molecule has 0 saturated carbocycles. The zero-order valence-corrected chi connectivity index (χ0v) is 17.6. The van der Waals surface area contributed by atoms with E-state index in [0.29, 0.717) is 6.42 Å². The second-order valence-corrected chi connectivity index (χ2v) is 7.22. The van der Waals surface area contributed by atoms with Gasteiger partial charge in [0, 0.05) is 18.5 Å². The number of amides is 1. The minimum absolute atomic E-state index is 0.00373. The normalized spacial score (nSPS) is 12.7. The van der Waals surface area contributed by atoms with Crippen LogP contribution in [-0.2, 0) is 11.8 Å². The van der Waals surface area contributed by atoms with Crippen molar-refractivity contribution in [3.05, 3.63) is 58.9 Å². The predicted octanol–water partition coefficient (Wildman–Crippen LogP) is 7.10. The van der Waals surface area contributed by atoms with E-state index in [4.69, 9.17) is 5.26 Å². The van der Waals surface area contributed by atoms with Crippen LogP contribution < -0.4 is 10.6 Å². The van der Waals surface area contributed by atoms with Crippen molar-refractivity contribution in [2.75, 3.05) is 17.2 Å². The number of halogens is 11. The van der Waals surface area contributed by atoms with E-state index < -0.39 is 64.4 Å². The molecule has 0 fully saturated rings. The highest BCUT2D eigenvalue weighted by Crippen LogP contribution is 2.54. The highest BCUT2D eigenvalue weighted by molar-refractivity contribution is 6.05. The number of nitrogens with one attached hydrogen (secondary N) is 2. The first-order chi connectivity index (χ1) is 16.4. The lowest BCUT2D eigenvalue weighted by molar-refractivity contribution is -0.348. The molecule has 0 aliphatic carbocycles. The minimum Gasteiger partial charge on any atom is -0.383 e. The molecule has 0 unspecified atom stereocenters. The maximum atomic E-state index is 14.6. The minimum atomic E-state index is -6.66. The summed E-state index contributed by atoms with van der Waals surface area (Å²) in [5, 5.41) is 12.6. The van der Waals surface area contributed by atoms with Gasteiger partial charge in [0.2, 0.25) is 0 Å². The van der Waals surface area contributed by atoms with Gasteiger partial charge in [0.05, 0.1) is 28.6 Å². The van der Waals surface area contributed by atoms with Gasteiger partial charge in [-0.3, -0.25) is 4.79 Å². The fraction of sp³-hybridized carbons (Fsp3) is 0.333. The number of rotatable bonds is 7. The molecule has 0 aromatic heterocycles. The number of nitrogens with zero attached hydrogens (tertiary/aromatic N) is 1. The SMILES string of the molecule is N#CCCCNc1cccc(C(=O)Nc2ccc(C(F)(C(F)(F)F)C(F)(F)F)cc2C(F)(F)F)c1F. The van der Waals surface area contributed by atoms with Gasteiger partial charge in [0.15, 0.2) is 5.82 Å². The third-order valence-corrected chi connectivity index (χ3v) is 4.78. The third kappa shape index (κ3) is 5.80. The first kappa shape index (κ1) is 28.7. The van der Waals surface area contributed by atoms with Crippen molar-refractivity contribution < 1.29 is 53.1 Å². The molecule has 36 heavy (non-hydrogen) atoms. The van der Waals surface area contributed by atoms with Crippen molar-refractivity contribution in [2.24, 2.45) is 0 Å². The Kier molecular flexibility index (Phi) is 8.12. The summed E-state index contributed by atoms with van der Waals surface area (Å²) in [6.07, 6.45) is -18.6. The van der Waals surface area contributed by atoms with E-state index in [1.807, 2.05) is 6.07 Å². The number of alkyl halides is 10. The summed E-state index contributed by atoms with van der Waals surface area (Å²) in [6, 6.07) is 4.07. The zero-order chi connectivity index (χ0) is 27.5. The van der Waals surface area contributed by atoms with Gasteiger partial charge in [-0.25, -0.2) is 8.78 Å². The van der Waals surface area contributed by atoms with Crippen molar-refractivity contribution in [1.82, 2.24) is 0 Å². The van der Waals surface area contributed by atoms with Gasteiger partial charge in [-0.05, 0) is 30.7 Å². The smallest absolute Gasteiger partial charge is 0.383 e. The number of hydrogen-bond acceptors (Lipinski definition) is 3. The van der Waals surface area contributed by atoms with E-state index in [1.165, 1.54) is 6.07 Å². The number of benzene rings is 2. The highest BCUT2D eigenvalue weighted by Gasteiger charge is 2.73. The van der Waals surface area contributed by atoms with Crippen LogP contribution in [0.5, 0.6) is 0 Å². The molecular weight excluding hydrogens is 519 g/mol. The standard InChI is InChI=1S/C21H14F11N3O/c22-16-12(4-3-5-15(16)34-9-2-1-8-33)17(36)35-14-7-6-11(10-13(14)19(24,25)26)18(23,20(27,28)29)21(30,31)32/h3-7,10,34H,1-2,9H2,(H,35,36). The number of nitriles is 1. The van der Waals surface area contributed by atoms with Gasteiger partial charge < -0.3 is 10.6 Å². The Morgan fingerprint density at radius 3 is 2.03 bits per heavy atom. The Hall–Kier alpha value is -3.57. The molecule has 15 heteroatoms. The summed E-state index contributed by atoms with van der Waals surface area (Å²) in [5.41, 5.74) is -13.2. The molecule has 4 nitrogen and oxygen atoms in total. The van der Waals surface area contributed by atoms with Crippen molar-refractivity contribution >= 4 is 17.3 Å². The topological polar surface area (TPSA) is 64.9 Å². The van der Waals surface area contributed by atoms with Gasteiger partial charge in [-0.2, -0.15) is 44.8 Å². The molecule has 1 amide bonds. The molecule has 0 aliphatic rings. The molecular formula is C21H14F11N3O. The van der Waals surface area contributed by atoms with Crippen LogP contribution in [0.15, 0.2) is 36.4 Å². The Labute approximate surface area is 195 Å². The Balaban J connectivity index is 2.48. The monoisotopic (exact) mass is 533 g/mol. The third-order valence-electron chi connectivity index (χ3n) is 4.78. The van der Waals surface area contributed by atoms with Crippen LogP contribution in [0.1, 0.15) is 34.3 Å². The number of carbonyl (C=O) groups excluding carboxylic acids is 1. The van der Waals surface area contributed by atoms with E-state index in [2.05, 4.69) is 5.32 Å². The second kappa shape index (κ2) is 10.2. The van der Waals surface area contributed by atoms with Crippen molar-refractivity contribution in [2.45, 2.75) is 37.0 Å². The van der Waals surface area contributed by atoms with E-state index in [9.17, 15) is 53.1 Å². The average Bonchev–Trinajstić information content (AvgIpc) is 2.75. The quantitative estimate of drug-likeness (QED) is 0.295. The molecule has 0 saturated heterocycles. The van der Waals surface area contributed by atoms with Crippen LogP contribution in [0.3, 0.4) is 0 Å². The van der Waals surface area contributed by atoms with Crippen LogP contribution in [0.4, 0.5) is 59.7 Å². The molecule has 2 rings (SSSR count). The fourth-order valence-electron chi connectivity index (χ4n) is 3.01. The van der Waals surface area contributed by atoms with Gasteiger partial charge in [-0.15, -0.1) is 0 Å². The first-order valence-electron chi connectivity index (χ1n) is 9.70. The lowest BCUT2D eigenvalue weighted by atomic mass is 9.92. The van der Waals surface area contributed by atoms with E-state index in [-0.39, 0.29) is 30.8 Å². The molecule has 2 aromatic carbocycles. The van der Waals surface area contributed by atoms with Crippen LogP contribution in [0.25, 0.3) is 0 Å². The maximum absolute atomic E-state index is 14.6. The summed E-state index contributed by atoms with van der Waals surface area (Å²) in [5.74, 6) is -2.75. The Morgan fingerprint density at radius 1 is 0.889 bits per heavy atom. The van der Waals surface area contributed by atoms with Gasteiger partial charge in [0.1, 0.15) is 0 Å². The molecule has 2 N–H and O–H groups in total.